The quantitative estimate of drug-likeness (QED) is 0.725. The van der Waals surface area contributed by atoms with Gasteiger partial charge in [-0.25, -0.2) is 4.79 Å². The first-order valence-electron chi connectivity index (χ1n) is 5.84. The fraction of sp³-hybridized carbons (Fsp3) is 0.818. The van der Waals surface area contributed by atoms with Crippen LogP contribution in [0.1, 0.15) is 20.3 Å². The van der Waals surface area contributed by atoms with Crippen LogP contribution in [0.4, 0.5) is 4.79 Å². The Morgan fingerprint density at radius 2 is 2.24 bits per heavy atom. The largest absolute Gasteiger partial charge is 0.465 e. The number of nitrogens with one attached hydrogen (secondary N) is 1. The van der Waals surface area contributed by atoms with Crippen molar-refractivity contribution in [2.45, 2.75) is 32.4 Å². The fourth-order valence-corrected chi connectivity index (χ4v) is 1.86. The number of urea groups is 1. The molecule has 0 aromatic rings. The summed E-state index contributed by atoms with van der Waals surface area (Å²) in [5.41, 5.74) is 0. The van der Waals surface area contributed by atoms with Crippen LogP contribution in [0.3, 0.4) is 0 Å². The second kappa shape index (κ2) is 6.44. The van der Waals surface area contributed by atoms with Gasteiger partial charge in [0, 0.05) is 13.7 Å². The molecule has 2 atom stereocenters. The summed E-state index contributed by atoms with van der Waals surface area (Å²) in [6, 6.07) is -0.211. The zero-order chi connectivity index (χ0) is 12.8. The van der Waals surface area contributed by atoms with Crippen LogP contribution in [0, 0.1) is 0 Å². The van der Waals surface area contributed by atoms with Crippen LogP contribution >= 0.6 is 0 Å². The van der Waals surface area contributed by atoms with Gasteiger partial charge in [0.2, 0.25) is 0 Å². The van der Waals surface area contributed by atoms with Crippen LogP contribution in [-0.4, -0.2) is 55.9 Å². The third-order valence-corrected chi connectivity index (χ3v) is 2.84. The molecule has 0 spiro atoms. The molecule has 1 N–H and O–H groups in total. The fourth-order valence-electron chi connectivity index (χ4n) is 1.86. The molecule has 0 radical (unpaired) electrons. The molecule has 0 aromatic carbocycles. The first-order valence-corrected chi connectivity index (χ1v) is 5.84. The maximum Gasteiger partial charge on any atom is 0.325 e. The van der Waals surface area contributed by atoms with E-state index in [0.717, 1.165) is 6.42 Å². The van der Waals surface area contributed by atoms with Crippen molar-refractivity contribution in [1.29, 1.82) is 0 Å². The van der Waals surface area contributed by atoms with Gasteiger partial charge in [-0.2, -0.15) is 0 Å². The minimum atomic E-state index is -0.426. The van der Waals surface area contributed by atoms with Crippen molar-refractivity contribution >= 4 is 12.0 Å². The molecule has 0 saturated carbocycles. The van der Waals surface area contributed by atoms with Crippen LogP contribution in [0.5, 0.6) is 0 Å². The highest BCUT2D eigenvalue weighted by Crippen LogP contribution is 2.17. The van der Waals surface area contributed by atoms with E-state index in [1.165, 1.54) is 0 Å². The molecule has 1 saturated heterocycles. The van der Waals surface area contributed by atoms with E-state index in [2.05, 4.69) is 5.32 Å². The van der Waals surface area contributed by atoms with Gasteiger partial charge in [0.25, 0.3) is 0 Å². The molecule has 6 heteroatoms. The summed E-state index contributed by atoms with van der Waals surface area (Å²) in [6.07, 6.45) is 0.859. The average Bonchev–Trinajstić information content (AvgIpc) is 2.71. The maximum absolute atomic E-state index is 11.7. The Morgan fingerprint density at radius 3 is 2.76 bits per heavy atom. The third kappa shape index (κ3) is 3.89. The van der Waals surface area contributed by atoms with E-state index < -0.39 is 5.97 Å². The Balaban J connectivity index is 2.34. The zero-order valence-electron chi connectivity index (χ0n) is 10.6. The number of hydrogen-bond donors (Lipinski definition) is 1. The molecule has 1 aliphatic heterocycles. The first-order chi connectivity index (χ1) is 8.06. The number of nitrogens with zero attached hydrogens (tertiary/aromatic N) is 1. The van der Waals surface area contributed by atoms with Gasteiger partial charge in [0.15, 0.2) is 0 Å². The number of likely N-dealkylation sites (N-methyl/N-ethyl adjacent to an activating group) is 1. The summed E-state index contributed by atoms with van der Waals surface area (Å²) < 4.78 is 10.1. The molecule has 0 bridgehead atoms. The maximum atomic E-state index is 11.7. The molecule has 98 valence electrons. The van der Waals surface area contributed by atoms with E-state index in [4.69, 9.17) is 9.47 Å². The van der Waals surface area contributed by atoms with E-state index in [-0.39, 0.29) is 24.7 Å². The summed E-state index contributed by atoms with van der Waals surface area (Å²) in [6.45, 7) is 4.55. The van der Waals surface area contributed by atoms with Crippen LogP contribution in [0.15, 0.2) is 0 Å². The van der Waals surface area contributed by atoms with Crippen LogP contribution in [0.25, 0.3) is 0 Å². The average molecular weight is 244 g/mol. The van der Waals surface area contributed by atoms with Gasteiger partial charge in [-0.05, 0) is 20.3 Å². The number of hydrogen-bond acceptors (Lipinski definition) is 4. The molecular formula is C11H20N2O4. The zero-order valence-corrected chi connectivity index (χ0v) is 10.6. The summed E-state index contributed by atoms with van der Waals surface area (Å²) >= 11 is 0. The second-order valence-corrected chi connectivity index (χ2v) is 4.01. The minimum Gasteiger partial charge on any atom is -0.465 e. The van der Waals surface area contributed by atoms with Gasteiger partial charge in [-0.3, -0.25) is 4.79 Å². The number of carbonyl (C=O) groups is 2. The molecular weight excluding hydrogens is 224 g/mol. The van der Waals surface area contributed by atoms with E-state index in [9.17, 15) is 9.59 Å². The Hall–Kier alpha value is -1.30. The lowest BCUT2D eigenvalue weighted by atomic mass is 10.1. The van der Waals surface area contributed by atoms with Gasteiger partial charge < -0.3 is 19.7 Å². The topological polar surface area (TPSA) is 67.9 Å². The highest BCUT2D eigenvalue weighted by molar-refractivity contribution is 5.80. The van der Waals surface area contributed by atoms with Crippen molar-refractivity contribution in [3.8, 4) is 0 Å². The summed E-state index contributed by atoms with van der Waals surface area (Å²) in [4.78, 5) is 24.4. The summed E-state index contributed by atoms with van der Waals surface area (Å²) in [5, 5.41) is 2.52. The molecule has 1 aliphatic rings. The molecule has 0 aromatic heterocycles. The number of ether oxygens (including phenoxy) is 2. The predicted molar refractivity (Wildman–Crippen MR) is 61.6 cm³/mol. The molecule has 1 heterocycles. The number of carbonyl (C=O) groups excluding carboxylic acids is 2. The molecule has 2 amide bonds. The van der Waals surface area contributed by atoms with Crippen molar-refractivity contribution in [1.82, 2.24) is 10.2 Å². The number of esters is 1. The third-order valence-electron chi connectivity index (χ3n) is 2.84. The van der Waals surface area contributed by atoms with Crippen molar-refractivity contribution in [3.05, 3.63) is 0 Å². The van der Waals surface area contributed by atoms with E-state index in [0.29, 0.717) is 13.2 Å². The molecule has 0 aliphatic carbocycles. The Bertz CT molecular complexity index is 283. The van der Waals surface area contributed by atoms with Gasteiger partial charge in [-0.1, -0.05) is 0 Å². The van der Waals surface area contributed by atoms with Gasteiger partial charge in [0.05, 0.1) is 18.8 Å². The van der Waals surface area contributed by atoms with Gasteiger partial charge in [0.1, 0.15) is 6.54 Å². The van der Waals surface area contributed by atoms with Crippen LogP contribution in [0.2, 0.25) is 0 Å². The van der Waals surface area contributed by atoms with Crippen molar-refractivity contribution in [3.63, 3.8) is 0 Å². The SMILES string of the molecule is CCOC(=O)CNC(=O)N(C)C1CCOC1C. The lowest BCUT2D eigenvalue weighted by molar-refractivity contribution is -0.141. The monoisotopic (exact) mass is 244 g/mol. The first kappa shape index (κ1) is 13.8. The lowest BCUT2D eigenvalue weighted by Gasteiger charge is -2.26. The Labute approximate surface area is 101 Å². The molecule has 17 heavy (non-hydrogen) atoms. The predicted octanol–water partition coefficient (Wildman–Crippen LogP) is 0.368. The van der Waals surface area contributed by atoms with Crippen molar-refractivity contribution in [2.75, 3.05) is 26.8 Å². The Kier molecular flexibility index (Phi) is 5.21. The van der Waals surface area contributed by atoms with Gasteiger partial charge in [-0.15, -0.1) is 0 Å². The van der Waals surface area contributed by atoms with Crippen LogP contribution < -0.4 is 5.32 Å². The molecule has 6 nitrogen and oxygen atoms in total. The number of rotatable bonds is 4. The van der Waals surface area contributed by atoms with E-state index in [1.54, 1.807) is 18.9 Å². The van der Waals surface area contributed by atoms with E-state index >= 15 is 0 Å². The number of amides is 2. The summed E-state index contributed by atoms with van der Waals surface area (Å²) in [7, 11) is 1.70. The normalized spacial score (nSPS) is 23.2. The summed E-state index contributed by atoms with van der Waals surface area (Å²) in [5.74, 6) is -0.426. The highest BCUT2D eigenvalue weighted by atomic mass is 16.5. The van der Waals surface area contributed by atoms with Crippen LogP contribution in [-0.2, 0) is 14.3 Å². The second-order valence-electron chi connectivity index (χ2n) is 4.01. The highest BCUT2D eigenvalue weighted by Gasteiger charge is 2.30. The standard InChI is InChI=1S/C11H20N2O4/c1-4-16-10(14)7-12-11(15)13(3)9-5-6-17-8(9)2/h8-9H,4-7H2,1-3H3,(H,12,15). The van der Waals surface area contributed by atoms with Gasteiger partial charge >= 0.3 is 12.0 Å². The minimum absolute atomic E-state index is 0.0355. The molecule has 1 rings (SSSR count). The smallest absolute Gasteiger partial charge is 0.325 e. The van der Waals surface area contributed by atoms with Crippen molar-refractivity contribution in [2.24, 2.45) is 0 Å². The molecule has 1 fully saturated rings. The Morgan fingerprint density at radius 1 is 1.53 bits per heavy atom. The van der Waals surface area contributed by atoms with E-state index in [1.807, 2.05) is 6.92 Å². The van der Waals surface area contributed by atoms with Crippen molar-refractivity contribution < 1.29 is 19.1 Å². The lowest BCUT2D eigenvalue weighted by Crippen LogP contribution is -2.47. The molecule has 2 unspecified atom stereocenters.